The van der Waals surface area contributed by atoms with Crippen LogP contribution in [0.2, 0.25) is 5.02 Å². The SMILES string of the molecule is CC(=O)c1ccc(OCC(=O)Nc2ccc(Cl)cc2C)c(N)c1. The molecule has 0 saturated heterocycles. The third kappa shape index (κ3) is 4.47. The van der Waals surface area contributed by atoms with Crippen LogP contribution in [0, 0.1) is 6.92 Å². The van der Waals surface area contributed by atoms with Crippen LogP contribution >= 0.6 is 11.6 Å². The minimum Gasteiger partial charge on any atom is -0.482 e. The van der Waals surface area contributed by atoms with Crippen molar-refractivity contribution in [3.63, 3.8) is 0 Å². The number of nitrogen functional groups attached to an aromatic ring is 1. The van der Waals surface area contributed by atoms with Crippen molar-refractivity contribution in [1.82, 2.24) is 0 Å². The van der Waals surface area contributed by atoms with E-state index in [2.05, 4.69) is 5.32 Å². The number of hydrogen-bond donors (Lipinski definition) is 2. The largest absolute Gasteiger partial charge is 0.482 e. The van der Waals surface area contributed by atoms with Gasteiger partial charge in [0.05, 0.1) is 5.69 Å². The van der Waals surface area contributed by atoms with Crippen LogP contribution in [-0.2, 0) is 4.79 Å². The third-order valence-corrected chi connectivity index (χ3v) is 3.47. The summed E-state index contributed by atoms with van der Waals surface area (Å²) in [6, 6.07) is 9.90. The number of ether oxygens (including phenoxy) is 1. The Balaban J connectivity index is 1.98. The van der Waals surface area contributed by atoms with E-state index in [1.54, 1.807) is 30.3 Å². The van der Waals surface area contributed by atoms with Gasteiger partial charge in [-0.2, -0.15) is 0 Å². The van der Waals surface area contributed by atoms with Crippen LogP contribution < -0.4 is 15.8 Å². The average Bonchev–Trinajstić information content (AvgIpc) is 2.48. The number of nitrogens with two attached hydrogens (primary N) is 1. The summed E-state index contributed by atoms with van der Waals surface area (Å²) in [4.78, 5) is 23.2. The molecule has 0 fully saturated rings. The molecule has 0 aliphatic heterocycles. The van der Waals surface area contributed by atoms with Crippen LogP contribution in [0.4, 0.5) is 11.4 Å². The number of halogens is 1. The lowest BCUT2D eigenvalue weighted by Crippen LogP contribution is -2.21. The number of Topliss-reactive ketones (excluding diaryl/α,β-unsaturated/α-hetero) is 1. The van der Waals surface area contributed by atoms with E-state index in [0.717, 1.165) is 5.56 Å². The normalized spacial score (nSPS) is 10.2. The zero-order valence-electron chi connectivity index (χ0n) is 12.9. The van der Waals surface area contributed by atoms with E-state index < -0.39 is 0 Å². The van der Waals surface area contributed by atoms with Crippen molar-refractivity contribution in [3.05, 3.63) is 52.5 Å². The van der Waals surface area contributed by atoms with E-state index in [-0.39, 0.29) is 18.3 Å². The number of amides is 1. The summed E-state index contributed by atoms with van der Waals surface area (Å²) >= 11 is 5.87. The molecule has 3 N–H and O–H groups in total. The molecular weight excluding hydrogens is 316 g/mol. The molecule has 0 radical (unpaired) electrons. The Labute approximate surface area is 139 Å². The zero-order chi connectivity index (χ0) is 17.0. The van der Waals surface area contributed by atoms with Gasteiger partial charge in [-0.1, -0.05) is 11.6 Å². The molecule has 2 aromatic carbocycles. The van der Waals surface area contributed by atoms with Gasteiger partial charge < -0.3 is 15.8 Å². The number of aryl methyl sites for hydroxylation is 1. The van der Waals surface area contributed by atoms with E-state index in [1.807, 2.05) is 6.92 Å². The number of rotatable bonds is 5. The van der Waals surface area contributed by atoms with Crippen LogP contribution in [0.25, 0.3) is 0 Å². The van der Waals surface area contributed by atoms with Crippen molar-refractivity contribution >= 4 is 34.7 Å². The van der Waals surface area contributed by atoms with E-state index in [1.165, 1.54) is 13.0 Å². The van der Waals surface area contributed by atoms with Crippen molar-refractivity contribution in [1.29, 1.82) is 0 Å². The lowest BCUT2D eigenvalue weighted by atomic mass is 10.1. The quantitative estimate of drug-likeness (QED) is 0.649. The van der Waals surface area contributed by atoms with Gasteiger partial charge in [-0.15, -0.1) is 0 Å². The van der Waals surface area contributed by atoms with Crippen molar-refractivity contribution in [2.75, 3.05) is 17.7 Å². The molecule has 0 unspecified atom stereocenters. The molecule has 2 aromatic rings. The van der Waals surface area contributed by atoms with Gasteiger partial charge >= 0.3 is 0 Å². The lowest BCUT2D eigenvalue weighted by molar-refractivity contribution is -0.118. The molecule has 0 aromatic heterocycles. The fourth-order valence-electron chi connectivity index (χ4n) is 2.00. The smallest absolute Gasteiger partial charge is 0.262 e. The summed E-state index contributed by atoms with van der Waals surface area (Å²) in [6.07, 6.45) is 0. The van der Waals surface area contributed by atoms with Crippen molar-refractivity contribution < 1.29 is 14.3 Å². The number of benzene rings is 2. The van der Waals surface area contributed by atoms with Gasteiger partial charge in [-0.25, -0.2) is 0 Å². The Morgan fingerprint density at radius 1 is 1.22 bits per heavy atom. The standard InChI is InChI=1S/C17H17ClN2O3/c1-10-7-13(18)4-5-15(10)20-17(22)9-23-16-6-3-12(11(2)21)8-14(16)19/h3-8H,9,19H2,1-2H3,(H,20,22). The summed E-state index contributed by atoms with van der Waals surface area (Å²) in [5.74, 6) is -0.0392. The molecular formula is C17H17ClN2O3. The second-order valence-corrected chi connectivity index (χ2v) is 5.54. The van der Waals surface area contributed by atoms with Gasteiger partial charge in [-0.3, -0.25) is 9.59 Å². The fraction of sp³-hybridized carbons (Fsp3) is 0.176. The number of carbonyl (C=O) groups is 2. The molecule has 0 aliphatic carbocycles. The number of ketones is 1. The molecule has 0 heterocycles. The summed E-state index contributed by atoms with van der Waals surface area (Å²) in [7, 11) is 0. The summed E-state index contributed by atoms with van der Waals surface area (Å²) in [5.41, 5.74) is 8.15. The highest BCUT2D eigenvalue weighted by molar-refractivity contribution is 6.30. The first-order chi connectivity index (χ1) is 10.9. The van der Waals surface area contributed by atoms with Gasteiger partial charge in [-0.05, 0) is 55.8 Å². The lowest BCUT2D eigenvalue weighted by Gasteiger charge is -2.11. The molecule has 1 amide bonds. The molecule has 5 nitrogen and oxygen atoms in total. The first-order valence-electron chi connectivity index (χ1n) is 6.96. The molecule has 0 atom stereocenters. The maximum Gasteiger partial charge on any atom is 0.262 e. The zero-order valence-corrected chi connectivity index (χ0v) is 13.6. The maximum absolute atomic E-state index is 11.9. The van der Waals surface area contributed by atoms with Gasteiger partial charge in [0.15, 0.2) is 12.4 Å². The molecule has 120 valence electrons. The van der Waals surface area contributed by atoms with Crippen molar-refractivity contribution in [2.45, 2.75) is 13.8 Å². The van der Waals surface area contributed by atoms with Crippen molar-refractivity contribution in [2.24, 2.45) is 0 Å². The van der Waals surface area contributed by atoms with Crippen LogP contribution in [0.15, 0.2) is 36.4 Å². The Bertz CT molecular complexity index is 759. The van der Waals surface area contributed by atoms with Crippen molar-refractivity contribution in [3.8, 4) is 5.75 Å². The van der Waals surface area contributed by atoms with Gasteiger partial charge in [0.2, 0.25) is 0 Å². The predicted molar refractivity (Wildman–Crippen MR) is 91.2 cm³/mol. The van der Waals surface area contributed by atoms with Crippen LogP contribution in [0.5, 0.6) is 5.75 Å². The summed E-state index contributed by atoms with van der Waals surface area (Å²) in [6.45, 7) is 3.11. The highest BCUT2D eigenvalue weighted by Crippen LogP contribution is 2.23. The number of anilines is 2. The molecule has 0 saturated carbocycles. The maximum atomic E-state index is 11.9. The molecule has 0 aliphatic rings. The molecule has 0 spiro atoms. The Kier molecular flexibility index (Phi) is 5.24. The summed E-state index contributed by atoms with van der Waals surface area (Å²) in [5, 5.41) is 3.35. The molecule has 23 heavy (non-hydrogen) atoms. The first kappa shape index (κ1) is 16.8. The Morgan fingerprint density at radius 2 is 1.96 bits per heavy atom. The highest BCUT2D eigenvalue weighted by Gasteiger charge is 2.09. The van der Waals surface area contributed by atoms with Crippen LogP contribution in [0.1, 0.15) is 22.8 Å². The topological polar surface area (TPSA) is 81.4 Å². The average molecular weight is 333 g/mol. The van der Waals surface area contributed by atoms with Gasteiger partial charge in [0.1, 0.15) is 5.75 Å². The number of carbonyl (C=O) groups excluding carboxylic acids is 2. The van der Waals surface area contributed by atoms with Crippen LogP contribution in [0.3, 0.4) is 0 Å². The highest BCUT2D eigenvalue weighted by atomic mass is 35.5. The van der Waals surface area contributed by atoms with Crippen LogP contribution in [-0.4, -0.2) is 18.3 Å². The van der Waals surface area contributed by atoms with E-state index in [0.29, 0.717) is 27.7 Å². The molecule has 2 rings (SSSR count). The molecule has 0 bridgehead atoms. The number of nitrogens with one attached hydrogen (secondary N) is 1. The van der Waals surface area contributed by atoms with E-state index in [9.17, 15) is 9.59 Å². The monoisotopic (exact) mass is 332 g/mol. The second-order valence-electron chi connectivity index (χ2n) is 5.10. The fourth-order valence-corrected chi connectivity index (χ4v) is 2.22. The Morgan fingerprint density at radius 3 is 2.57 bits per heavy atom. The second kappa shape index (κ2) is 7.15. The minimum absolute atomic E-state index is 0.0841. The van der Waals surface area contributed by atoms with Gasteiger partial charge in [0, 0.05) is 16.3 Å². The summed E-state index contributed by atoms with van der Waals surface area (Å²) < 4.78 is 5.39. The third-order valence-electron chi connectivity index (χ3n) is 3.24. The number of hydrogen-bond acceptors (Lipinski definition) is 4. The Hall–Kier alpha value is -2.53. The van der Waals surface area contributed by atoms with Gasteiger partial charge in [0.25, 0.3) is 5.91 Å². The predicted octanol–water partition coefficient (Wildman–Crippen LogP) is 3.45. The first-order valence-corrected chi connectivity index (χ1v) is 7.34. The minimum atomic E-state index is -0.314. The van der Waals surface area contributed by atoms with E-state index in [4.69, 9.17) is 22.1 Å². The van der Waals surface area contributed by atoms with E-state index >= 15 is 0 Å². The molecule has 6 heteroatoms.